The molecule has 1 atom stereocenters. The maximum absolute atomic E-state index is 11.8. The van der Waals surface area contributed by atoms with Gasteiger partial charge in [-0.05, 0) is 12.0 Å². The average molecular weight is 242 g/mol. The molecule has 0 saturated carbocycles. The molecular weight excluding hydrogens is 228 g/mol. The summed E-state index contributed by atoms with van der Waals surface area (Å²) >= 11 is 0. The standard InChI is InChI=1S/C13H14N4O/c14-11(8-10-4-2-1-3-5-10)13(18)17-12-9-15-6-7-16-12/h1-7,9,11H,8,14H2,(H,16,17,18). The number of nitrogens with zero attached hydrogens (tertiary/aromatic N) is 2. The molecule has 2 aromatic rings. The minimum Gasteiger partial charge on any atom is -0.320 e. The Morgan fingerprint density at radius 3 is 2.72 bits per heavy atom. The van der Waals surface area contributed by atoms with Crippen LogP contribution in [0.3, 0.4) is 0 Å². The van der Waals surface area contributed by atoms with E-state index in [1.165, 1.54) is 12.4 Å². The first-order valence-corrected chi connectivity index (χ1v) is 5.62. The van der Waals surface area contributed by atoms with Gasteiger partial charge in [0.05, 0.1) is 12.2 Å². The van der Waals surface area contributed by atoms with Gasteiger partial charge in [-0.2, -0.15) is 0 Å². The number of carbonyl (C=O) groups excluding carboxylic acids is 1. The minimum absolute atomic E-state index is 0.264. The van der Waals surface area contributed by atoms with E-state index in [9.17, 15) is 4.79 Å². The summed E-state index contributed by atoms with van der Waals surface area (Å²) in [5.74, 6) is 0.144. The molecule has 5 heteroatoms. The Bertz CT molecular complexity index is 501. The molecule has 0 aliphatic rings. The molecule has 1 amide bonds. The van der Waals surface area contributed by atoms with Crippen LogP contribution in [0.2, 0.25) is 0 Å². The number of nitrogens with one attached hydrogen (secondary N) is 1. The van der Waals surface area contributed by atoms with Gasteiger partial charge in [0.2, 0.25) is 5.91 Å². The summed E-state index contributed by atoms with van der Waals surface area (Å²) in [5.41, 5.74) is 6.86. The van der Waals surface area contributed by atoms with Crippen molar-refractivity contribution in [3.05, 3.63) is 54.5 Å². The highest BCUT2D eigenvalue weighted by atomic mass is 16.2. The lowest BCUT2D eigenvalue weighted by molar-refractivity contribution is -0.117. The molecule has 1 aromatic carbocycles. The third kappa shape index (κ3) is 3.36. The molecule has 0 saturated heterocycles. The fourth-order valence-electron chi connectivity index (χ4n) is 1.54. The number of nitrogens with two attached hydrogens (primary N) is 1. The highest BCUT2D eigenvalue weighted by Crippen LogP contribution is 2.04. The Morgan fingerprint density at radius 2 is 2.06 bits per heavy atom. The summed E-state index contributed by atoms with van der Waals surface area (Å²) in [6, 6.07) is 9.04. The van der Waals surface area contributed by atoms with Gasteiger partial charge < -0.3 is 11.1 Å². The van der Waals surface area contributed by atoms with Crippen LogP contribution in [0.1, 0.15) is 5.56 Å². The van der Waals surface area contributed by atoms with Crippen LogP contribution in [-0.4, -0.2) is 21.9 Å². The molecule has 0 spiro atoms. The Morgan fingerprint density at radius 1 is 1.28 bits per heavy atom. The van der Waals surface area contributed by atoms with Crippen LogP contribution < -0.4 is 11.1 Å². The van der Waals surface area contributed by atoms with Gasteiger partial charge in [0.1, 0.15) is 0 Å². The maximum atomic E-state index is 11.8. The van der Waals surface area contributed by atoms with Crippen molar-refractivity contribution in [2.24, 2.45) is 5.73 Å². The van der Waals surface area contributed by atoms with Crippen molar-refractivity contribution in [1.29, 1.82) is 0 Å². The van der Waals surface area contributed by atoms with Gasteiger partial charge in [-0.15, -0.1) is 0 Å². The van der Waals surface area contributed by atoms with E-state index in [0.29, 0.717) is 12.2 Å². The first-order valence-electron chi connectivity index (χ1n) is 5.62. The molecular formula is C13H14N4O. The lowest BCUT2D eigenvalue weighted by atomic mass is 10.1. The SMILES string of the molecule is NC(Cc1ccccc1)C(=O)Nc1cnccn1. The predicted molar refractivity (Wildman–Crippen MR) is 68.8 cm³/mol. The average Bonchev–Trinajstić information content (AvgIpc) is 2.41. The maximum Gasteiger partial charge on any atom is 0.242 e. The van der Waals surface area contributed by atoms with Gasteiger partial charge in [-0.3, -0.25) is 9.78 Å². The molecule has 1 unspecified atom stereocenters. The molecule has 92 valence electrons. The lowest BCUT2D eigenvalue weighted by Gasteiger charge is -2.11. The highest BCUT2D eigenvalue weighted by molar-refractivity contribution is 5.93. The first kappa shape index (κ1) is 12.2. The van der Waals surface area contributed by atoms with Gasteiger partial charge in [-0.25, -0.2) is 4.98 Å². The number of rotatable bonds is 4. The van der Waals surface area contributed by atoms with Gasteiger partial charge in [0.25, 0.3) is 0 Å². The van der Waals surface area contributed by atoms with Crippen LogP contribution in [0.4, 0.5) is 5.82 Å². The van der Waals surface area contributed by atoms with Crippen LogP contribution in [0.15, 0.2) is 48.9 Å². The van der Waals surface area contributed by atoms with Gasteiger partial charge in [-0.1, -0.05) is 30.3 Å². The van der Waals surface area contributed by atoms with Gasteiger partial charge in [0.15, 0.2) is 5.82 Å². The van der Waals surface area contributed by atoms with Crippen molar-refractivity contribution in [3.8, 4) is 0 Å². The van der Waals surface area contributed by atoms with E-state index in [1.807, 2.05) is 30.3 Å². The van der Waals surface area contributed by atoms with Crippen LogP contribution in [-0.2, 0) is 11.2 Å². The molecule has 5 nitrogen and oxygen atoms in total. The molecule has 18 heavy (non-hydrogen) atoms. The number of anilines is 1. The zero-order valence-electron chi connectivity index (χ0n) is 9.78. The van der Waals surface area contributed by atoms with Gasteiger partial charge in [0, 0.05) is 12.4 Å². The summed E-state index contributed by atoms with van der Waals surface area (Å²) < 4.78 is 0. The monoisotopic (exact) mass is 242 g/mol. The van der Waals surface area contributed by atoms with Crippen molar-refractivity contribution in [3.63, 3.8) is 0 Å². The molecule has 0 bridgehead atoms. The van der Waals surface area contributed by atoms with E-state index in [2.05, 4.69) is 15.3 Å². The molecule has 3 N–H and O–H groups in total. The van der Waals surface area contributed by atoms with E-state index in [4.69, 9.17) is 5.73 Å². The second-order valence-corrected chi connectivity index (χ2v) is 3.88. The fraction of sp³-hybridized carbons (Fsp3) is 0.154. The van der Waals surface area contributed by atoms with E-state index in [0.717, 1.165) is 5.56 Å². The third-order valence-corrected chi connectivity index (χ3v) is 2.45. The van der Waals surface area contributed by atoms with Gasteiger partial charge >= 0.3 is 0 Å². The quantitative estimate of drug-likeness (QED) is 0.837. The molecule has 1 aromatic heterocycles. The zero-order valence-corrected chi connectivity index (χ0v) is 9.78. The molecule has 0 aliphatic carbocycles. The minimum atomic E-state index is -0.602. The van der Waals surface area contributed by atoms with Crippen molar-refractivity contribution in [2.45, 2.75) is 12.5 Å². The topological polar surface area (TPSA) is 80.9 Å². The molecule has 0 radical (unpaired) electrons. The summed E-state index contributed by atoms with van der Waals surface area (Å²) in [6.45, 7) is 0. The third-order valence-electron chi connectivity index (χ3n) is 2.45. The number of hydrogen-bond acceptors (Lipinski definition) is 4. The Balaban J connectivity index is 1.93. The van der Waals surface area contributed by atoms with Crippen molar-refractivity contribution in [1.82, 2.24) is 9.97 Å². The smallest absolute Gasteiger partial charge is 0.242 e. The Kier molecular flexibility index (Phi) is 3.98. The van der Waals surface area contributed by atoms with E-state index >= 15 is 0 Å². The first-order chi connectivity index (χ1) is 8.75. The van der Waals surface area contributed by atoms with E-state index in [-0.39, 0.29) is 5.91 Å². The number of amides is 1. The molecule has 1 heterocycles. The second-order valence-electron chi connectivity index (χ2n) is 3.88. The summed E-state index contributed by atoms with van der Waals surface area (Å²) in [5, 5.41) is 2.62. The summed E-state index contributed by atoms with van der Waals surface area (Å²) in [7, 11) is 0. The Labute approximate surface area is 105 Å². The normalized spacial score (nSPS) is 11.8. The van der Waals surface area contributed by atoms with Crippen molar-refractivity contribution in [2.75, 3.05) is 5.32 Å². The summed E-state index contributed by atoms with van der Waals surface area (Å²) in [4.78, 5) is 19.6. The Hall–Kier alpha value is -2.27. The molecule has 0 fully saturated rings. The number of carbonyl (C=O) groups is 1. The van der Waals surface area contributed by atoms with Crippen LogP contribution in [0.5, 0.6) is 0 Å². The molecule has 0 aliphatic heterocycles. The fourth-order valence-corrected chi connectivity index (χ4v) is 1.54. The molecule has 2 rings (SSSR count). The van der Waals surface area contributed by atoms with Crippen LogP contribution in [0.25, 0.3) is 0 Å². The van der Waals surface area contributed by atoms with Crippen LogP contribution in [0, 0.1) is 0 Å². The number of benzene rings is 1. The van der Waals surface area contributed by atoms with Crippen molar-refractivity contribution >= 4 is 11.7 Å². The van der Waals surface area contributed by atoms with Crippen LogP contribution >= 0.6 is 0 Å². The predicted octanol–water partition coefficient (Wildman–Crippen LogP) is 0.985. The largest absolute Gasteiger partial charge is 0.320 e. The number of aromatic nitrogens is 2. The second kappa shape index (κ2) is 5.88. The highest BCUT2D eigenvalue weighted by Gasteiger charge is 2.14. The zero-order chi connectivity index (χ0) is 12.8. The van der Waals surface area contributed by atoms with E-state index < -0.39 is 6.04 Å². The lowest BCUT2D eigenvalue weighted by Crippen LogP contribution is -2.37. The van der Waals surface area contributed by atoms with E-state index in [1.54, 1.807) is 6.20 Å². The summed E-state index contributed by atoms with van der Waals surface area (Å²) in [6.07, 6.45) is 5.03. The van der Waals surface area contributed by atoms with Crippen molar-refractivity contribution < 1.29 is 4.79 Å². The number of hydrogen-bond donors (Lipinski definition) is 2.